The van der Waals surface area contributed by atoms with Gasteiger partial charge in [0.25, 0.3) is 10.0 Å². The first-order valence-corrected chi connectivity index (χ1v) is 12.5. The normalized spacial score (nSPS) is 17.6. The molecule has 7 nitrogen and oxygen atoms in total. The highest BCUT2D eigenvalue weighted by molar-refractivity contribution is 7.92. The third-order valence-electron chi connectivity index (χ3n) is 5.58. The second-order valence-corrected chi connectivity index (χ2v) is 11.5. The fourth-order valence-corrected chi connectivity index (χ4v) is 5.27. The molecule has 1 saturated heterocycles. The molecular weight excluding hydrogens is 469 g/mol. The Bertz CT molecular complexity index is 1220. The van der Waals surface area contributed by atoms with Gasteiger partial charge in [-0.2, -0.15) is 0 Å². The van der Waals surface area contributed by atoms with Crippen LogP contribution in [0.3, 0.4) is 0 Å². The minimum Gasteiger partial charge on any atom is -0.309 e. The first-order chi connectivity index (χ1) is 15.0. The average Bonchev–Trinajstić information content (AvgIpc) is 3.37. The molecule has 2 aromatic carbocycles. The molecule has 1 fully saturated rings. The van der Waals surface area contributed by atoms with Gasteiger partial charge in [0.2, 0.25) is 0 Å². The molecule has 4 rings (SSSR count). The van der Waals surface area contributed by atoms with E-state index < -0.39 is 10.0 Å². The van der Waals surface area contributed by atoms with E-state index in [9.17, 15) is 8.42 Å². The summed E-state index contributed by atoms with van der Waals surface area (Å²) < 4.78 is 32.6. The van der Waals surface area contributed by atoms with Crippen LogP contribution >= 0.6 is 23.4 Å². The lowest BCUT2D eigenvalue weighted by Gasteiger charge is -2.19. The van der Waals surface area contributed by atoms with Crippen LogP contribution in [0.15, 0.2) is 53.7 Å². The Balaban J connectivity index is 1.69. The Morgan fingerprint density at radius 3 is 2.47 bits per heavy atom. The zero-order valence-electron chi connectivity index (χ0n) is 18.1. The maximum atomic E-state index is 13.1. The summed E-state index contributed by atoms with van der Waals surface area (Å²) >= 11 is 12.4. The Hall–Kier alpha value is -2.13. The highest BCUT2D eigenvalue weighted by Gasteiger charge is 2.27. The lowest BCUT2D eigenvalue weighted by molar-refractivity contribution is 0.497. The molecule has 170 valence electrons. The summed E-state index contributed by atoms with van der Waals surface area (Å²) in [4.78, 5) is 0.182. The molecular formula is C22H25Cl2N5O2S. The van der Waals surface area contributed by atoms with Crippen LogP contribution in [0.25, 0.3) is 11.4 Å². The molecule has 32 heavy (non-hydrogen) atoms. The molecule has 1 N–H and O–H groups in total. The number of hydrogen-bond donors (Lipinski definition) is 1. The molecule has 0 spiro atoms. The van der Waals surface area contributed by atoms with Crippen molar-refractivity contribution in [1.82, 2.24) is 19.2 Å². The van der Waals surface area contributed by atoms with Crippen molar-refractivity contribution in [3.8, 4) is 11.4 Å². The van der Waals surface area contributed by atoms with Crippen LogP contribution in [-0.4, -0.2) is 40.7 Å². The van der Waals surface area contributed by atoms with Crippen LogP contribution in [0.2, 0.25) is 5.02 Å². The molecule has 1 aromatic heterocycles. The van der Waals surface area contributed by atoms with Crippen LogP contribution in [0.5, 0.6) is 0 Å². The zero-order chi connectivity index (χ0) is 23.1. The number of hydrogen-bond acceptors (Lipinski definition) is 5. The minimum atomic E-state index is -3.82. The number of halogens is 2. The van der Waals surface area contributed by atoms with Gasteiger partial charge in [-0.25, -0.2) is 12.8 Å². The topological polar surface area (TPSA) is 80.1 Å². The van der Waals surface area contributed by atoms with E-state index in [1.807, 2.05) is 16.7 Å². The number of anilines is 1. The average molecular weight is 494 g/mol. The van der Waals surface area contributed by atoms with Crippen LogP contribution in [0.4, 0.5) is 5.69 Å². The number of aromatic nitrogens is 3. The summed E-state index contributed by atoms with van der Waals surface area (Å²) in [5.41, 5.74) is 1.92. The molecule has 0 bridgehead atoms. The van der Waals surface area contributed by atoms with Crippen LogP contribution < -0.4 is 4.72 Å². The van der Waals surface area contributed by atoms with E-state index in [0.717, 1.165) is 18.5 Å². The van der Waals surface area contributed by atoms with Gasteiger partial charge in [-0.05, 0) is 59.5 Å². The summed E-state index contributed by atoms with van der Waals surface area (Å²) in [5, 5.41) is 8.78. The molecule has 0 aliphatic carbocycles. The molecule has 10 heteroatoms. The zero-order valence-corrected chi connectivity index (χ0v) is 20.4. The van der Waals surface area contributed by atoms with Crippen molar-refractivity contribution in [1.29, 1.82) is 0 Å². The van der Waals surface area contributed by atoms with Crippen molar-refractivity contribution in [2.24, 2.45) is 0 Å². The molecule has 1 atom stereocenters. The lowest BCUT2D eigenvalue weighted by Crippen LogP contribution is -2.16. The summed E-state index contributed by atoms with van der Waals surface area (Å²) in [5.74, 6) is 0.533. The van der Waals surface area contributed by atoms with E-state index in [4.69, 9.17) is 23.4 Å². The maximum absolute atomic E-state index is 13.1. The quantitative estimate of drug-likeness (QED) is 0.500. The number of nitrogens with zero attached hydrogens (tertiary/aromatic N) is 4. The van der Waals surface area contributed by atoms with Gasteiger partial charge in [0.15, 0.2) is 5.82 Å². The van der Waals surface area contributed by atoms with Crippen molar-refractivity contribution in [3.63, 3.8) is 0 Å². The highest BCUT2D eigenvalue weighted by Crippen LogP contribution is 2.34. The van der Waals surface area contributed by atoms with Gasteiger partial charge >= 0.3 is 0 Å². The molecule has 0 radical (unpaired) electrons. The van der Waals surface area contributed by atoms with Crippen molar-refractivity contribution < 1.29 is 8.42 Å². The van der Waals surface area contributed by atoms with Gasteiger partial charge in [-0.3, -0.25) is 4.72 Å². The van der Waals surface area contributed by atoms with Crippen LogP contribution in [-0.2, 0) is 15.4 Å². The van der Waals surface area contributed by atoms with E-state index in [-0.39, 0.29) is 16.4 Å². The van der Waals surface area contributed by atoms with Crippen LogP contribution in [0, 0.1) is 0 Å². The van der Waals surface area contributed by atoms with Gasteiger partial charge < -0.3 is 4.57 Å². The third kappa shape index (κ3) is 4.78. The van der Waals surface area contributed by atoms with Gasteiger partial charge in [0.05, 0.1) is 16.6 Å². The van der Waals surface area contributed by atoms with Crippen molar-refractivity contribution in [3.05, 3.63) is 59.4 Å². The van der Waals surface area contributed by atoms with Gasteiger partial charge in [0.1, 0.15) is 6.33 Å². The van der Waals surface area contributed by atoms with E-state index in [2.05, 4.69) is 35.7 Å². The summed E-state index contributed by atoms with van der Waals surface area (Å²) in [6.45, 7) is 7.65. The van der Waals surface area contributed by atoms with Crippen molar-refractivity contribution in [2.75, 3.05) is 17.8 Å². The molecule has 0 saturated carbocycles. The smallest absolute Gasteiger partial charge is 0.261 e. The van der Waals surface area contributed by atoms with Crippen molar-refractivity contribution >= 4 is 39.1 Å². The van der Waals surface area contributed by atoms with Crippen LogP contribution in [0.1, 0.15) is 38.8 Å². The molecule has 1 unspecified atom stereocenters. The number of rotatable bonds is 5. The summed E-state index contributed by atoms with van der Waals surface area (Å²) in [7, 11) is -3.82. The van der Waals surface area contributed by atoms with Gasteiger partial charge in [0, 0.05) is 23.7 Å². The highest BCUT2D eigenvalue weighted by atomic mass is 35.5. The Labute approximate surface area is 198 Å². The van der Waals surface area contributed by atoms with E-state index in [1.165, 1.54) is 0 Å². The molecule has 2 heterocycles. The molecule has 1 aliphatic rings. The molecule has 1 aliphatic heterocycles. The van der Waals surface area contributed by atoms with Gasteiger partial charge in [-0.1, -0.05) is 44.5 Å². The number of benzene rings is 2. The monoisotopic (exact) mass is 493 g/mol. The second-order valence-electron chi connectivity index (χ2n) is 8.94. The second kappa shape index (κ2) is 8.67. The fourth-order valence-electron chi connectivity index (χ4n) is 3.76. The van der Waals surface area contributed by atoms with Crippen molar-refractivity contribution in [2.45, 2.75) is 43.5 Å². The van der Waals surface area contributed by atoms with E-state index in [1.54, 1.807) is 41.1 Å². The number of sulfonamides is 1. The minimum absolute atomic E-state index is 0.0675. The summed E-state index contributed by atoms with van der Waals surface area (Å²) in [6.07, 6.45) is 2.48. The molecule has 3 aromatic rings. The first-order valence-electron chi connectivity index (χ1n) is 10.3. The fraction of sp³-hybridized carbons (Fsp3) is 0.364. The van der Waals surface area contributed by atoms with E-state index >= 15 is 0 Å². The standard InChI is InChI=1S/C22H25Cl2N5O2S/c1-22(2,3)15-4-7-18(8-5-15)32(30,31)27-20-9-6-16(23)12-19(20)21-26-25-14-29(21)17-10-11-28(24)13-17/h4-9,12,14,17,27H,10-11,13H2,1-3H3. The third-order valence-corrected chi connectivity index (χ3v) is 7.50. The Morgan fingerprint density at radius 1 is 1.12 bits per heavy atom. The van der Waals surface area contributed by atoms with E-state index in [0.29, 0.717) is 28.6 Å². The SMILES string of the molecule is CC(C)(C)c1ccc(S(=O)(=O)Nc2ccc(Cl)cc2-c2nncn2C2CCN(Cl)C2)cc1. The Morgan fingerprint density at radius 2 is 1.84 bits per heavy atom. The summed E-state index contributed by atoms with van der Waals surface area (Å²) in [6, 6.07) is 12.0. The first kappa shape index (κ1) is 23.0. The predicted molar refractivity (Wildman–Crippen MR) is 127 cm³/mol. The van der Waals surface area contributed by atoms with Gasteiger partial charge in [-0.15, -0.1) is 10.2 Å². The largest absolute Gasteiger partial charge is 0.309 e. The number of nitrogens with one attached hydrogen (secondary N) is 1. The maximum Gasteiger partial charge on any atom is 0.261 e. The molecule has 0 amide bonds. The Kier molecular flexibility index (Phi) is 6.24. The predicted octanol–water partition coefficient (Wildman–Crippen LogP) is 5.10. The lowest BCUT2D eigenvalue weighted by atomic mass is 9.87.